The van der Waals surface area contributed by atoms with Gasteiger partial charge in [0.15, 0.2) is 0 Å². The van der Waals surface area contributed by atoms with E-state index >= 15 is 0 Å². The topological polar surface area (TPSA) is 61.9 Å². The third kappa shape index (κ3) is 5.76. The van der Waals surface area contributed by atoms with E-state index in [4.69, 9.17) is 8.83 Å². The molecular formula is C21H25N3O3. The Morgan fingerprint density at radius 1 is 0.852 bits per heavy atom. The van der Waals surface area contributed by atoms with Crippen LogP contribution >= 0.6 is 0 Å². The maximum absolute atomic E-state index is 12.7. The fourth-order valence-corrected chi connectivity index (χ4v) is 2.80. The molecular weight excluding hydrogens is 342 g/mol. The lowest BCUT2D eigenvalue weighted by molar-refractivity contribution is 0.181. The maximum atomic E-state index is 12.7. The molecule has 0 aliphatic carbocycles. The summed E-state index contributed by atoms with van der Waals surface area (Å²) in [6.07, 6.45) is 3.21. The Kier molecular flexibility index (Phi) is 6.33. The van der Waals surface area contributed by atoms with E-state index in [-0.39, 0.29) is 6.03 Å². The van der Waals surface area contributed by atoms with E-state index in [2.05, 4.69) is 22.3 Å². The molecule has 2 aromatic heterocycles. The van der Waals surface area contributed by atoms with Crippen LogP contribution in [0.1, 0.15) is 22.6 Å². The van der Waals surface area contributed by atoms with Crippen molar-refractivity contribution in [3.8, 4) is 0 Å². The van der Waals surface area contributed by atoms with E-state index in [0.29, 0.717) is 19.6 Å². The van der Waals surface area contributed by atoms with Crippen LogP contribution in [0.15, 0.2) is 69.9 Å². The fraction of sp³-hybridized carbons (Fsp3) is 0.286. The number of nitrogens with one attached hydrogen (secondary N) is 1. The molecule has 2 heterocycles. The first-order valence-electron chi connectivity index (χ1n) is 8.90. The Balaban J connectivity index is 1.59. The molecule has 0 unspecified atom stereocenters. The number of rotatable bonds is 8. The number of hydrogen-bond donors (Lipinski definition) is 1. The molecule has 0 bridgehead atoms. The van der Waals surface area contributed by atoms with Crippen LogP contribution in [-0.4, -0.2) is 29.9 Å². The number of nitrogens with zero attached hydrogens (tertiary/aromatic N) is 2. The number of benzene rings is 1. The highest BCUT2D eigenvalue weighted by molar-refractivity contribution is 5.74. The van der Waals surface area contributed by atoms with Crippen molar-refractivity contribution in [2.24, 2.45) is 0 Å². The lowest BCUT2D eigenvalue weighted by Gasteiger charge is -2.21. The standard InChI is InChI=1S/C21H25N3O3/c1-23(2)14-18-9-7-17(8-10-18)13-22-21(25)24(15-19-5-3-11-26-19)16-20-6-4-12-27-20/h3-12H,13-16H2,1-2H3,(H,22,25). The molecule has 6 heteroatoms. The molecule has 0 saturated carbocycles. The van der Waals surface area contributed by atoms with E-state index in [1.165, 1.54) is 5.56 Å². The van der Waals surface area contributed by atoms with Crippen molar-refractivity contribution in [2.75, 3.05) is 14.1 Å². The van der Waals surface area contributed by atoms with E-state index < -0.39 is 0 Å². The number of carbonyl (C=O) groups excluding carboxylic acids is 1. The molecule has 1 aromatic carbocycles. The van der Waals surface area contributed by atoms with Gasteiger partial charge in [0, 0.05) is 13.1 Å². The summed E-state index contributed by atoms with van der Waals surface area (Å²) >= 11 is 0. The molecule has 3 aromatic rings. The molecule has 0 spiro atoms. The van der Waals surface area contributed by atoms with Crippen molar-refractivity contribution in [1.82, 2.24) is 15.1 Å². The number of carbonyl (C=O) groups is 1. The molecule has 6 nitrogen and oxygen atoms in total. The summed E-state index contributed by atoms with van der Waals surface area (Å²) in [5, 5.41) is 2.98. The molecule has 0 saturated heterocycles. The molecule has 1 N–H and O–H groups in total. The summed E-state index contributed by atoms with van der Waals surface area (Å²) in [4.78, 5) is 16.5. The summed E-state index contributed by atoms with van der Waals surface area (Å²) in [6.45, 7) is 2.11. The first-order chi connectivity index (χ1) is 13.1. The van der Waals surface area contributed by atoms with Crippen LogP contribution in [0.5, 0.6) is 0 Å². The lowest BCUT2D eigenvalue weighted by atomic mass is 10.1. The highest BCUT2D eigenvalue weighted by atomic mass is 16.3. The van der Waals surface area contributed by atoms with Gasteiger partial charge in [-0.1, -0.05) is 24.3 Å². The predicted molar refractivity (Wildman–Crippen MR) is 103 cm³/mol. The number of hydrogen-bond acceptors (Lipinski definition) is 4. The summed E-state index contributed by atoms with van der Waals surface area (Å²) in [6, 6.07) is 15.4. The molecule has 2 amide bonds. The van der Waals surface area contributed by atoms with Crippen molar-refractivity contribution in [2.45, 2.75) is 26.2 Å². The van der Waals surface area contributed by atoms with Gasteiger partial charge >= 0.3 is 6.03 Å². The minimum atomic E-state index is -0.167. The van der Waals surface area contributed by atoms with Gasteiger partial charge < -0.3 is 24.0 Å². The second-order valence-electron chi connectivity index (χ2n) is 6.73. The number of furan rings is 2. The van der Waals surface area contributed by atoms with Crippen LogP contribution in [0.3, 0.4) is 0 Å². The second-order valence-corrected chi connectivity index (χ2v) is 6.73. The average Bonchev–Trinajstić information content (AvgIpc) is 3.34. The van der Waals surface area contributed by atoms with E-state index in [0.717, 1.165) is 23.6 Å². The molecule has 0 radical (unpaired) electrons. The van der Waals surface area contributed by atoms with Crippen molar-refractivity contribution in [3.05, 3.63) is 83.7 Å². The zero-order valence-corrected chi connectivity index (χ0v) is 15.7. The Labute approximate surface area is 159 Å². The van der Waals surface area contributed by atoms with Crippen molar-refractivity contribution in [3.63, 3.8) is 0 Å². The summed E-state index contributed by atoms with van der Waals surface area (Å²) < 4.78 is 10.8. The monoisotopic (exact) mass is 367 g/mol. The number of urea groups is 1. The Hall–Kier alpha value is -2.99. The summed E-state index contributed by atoms with van der Waals surface area (Å²) in [7, 11) is 4.08. The first-order valence-corrected chi connectivity index (χ1v) is 8.90. The smallest absolute Gasteiger partial charge is 0.318 e. The minimum absolute atomic E-state index is 0.167. The van der Waals surface area contributed by atoms with Crippen LogP contribution in [0, 0.1) is 0 Å². The third-order valence-electron chi connectivity index (χ3n) is 4.11. The Morgan fingerprint density at radius 2 is 1.41 bits per heavy atom. The van der Waals surface area contributed by atoms with Crippen molar-refractivity contribution in [1.29, 1.82) is 0 Å². The van der Waals surface area contributed by atoms with Gasteiger partial charge in [-0.3, -0.25) is 0 Å². The largest absolute Gasteiger partial charge is 0.467 e. The van der Waals surface area contributed by atoms with Crippen LogP contribution < -0.4 is 5.32 Å². The van der Waals surface area contributed by atoms with E-state index in [1.54, 1.807) is 17.4 Å². The molecule has 0 aliphatic rings. The molecule has 3 rings (SSSR count). The van der Waals surface area contributed by atoms with Gasteiger partial charge in [-0.15, -0.1) is 0 Å². The van der Waals surface area contributed by atoms with Gasteiger partial charge in [0.1, 0.15) is 11.5 Å². The molecule has 142 valence electrons. The highest BCUT2D eigenvalue weighted by Gasteiger charge is 2.17. The quantitative estimate of drug-likeness (QED) is 0.657. The maximum Gasteiger partial charge on any atom is 0.318 e. The van der Waals surface area contributed by atoms with Crippen molar-refractivity contribution < 1.29 is 13.6 Å². The van der Waals surface area contributed by atoms with Gasteiger partial charge in [-0.25, -0.2) is 4.79 Å². The zero-order valence-electron chi connectivity index (χ0n) is 15.7. The Morgan fingerprint density at radius 3 is 1.89 bits per heavy atom. The predicted octanol–water partition coefficient (Wildman–Crippen LogP) is 3.85. The SMILES string of the molecule is CN(C)Cc1ccc(CNC(=O)N(Cc2ccco2)Cc2ccco2)cc1. The lowest BCUT2D eigenvalue weighted by Crippen LogP contribution is -2.38. The van der Waals surface area contributed by atoms with Crippen LogP contribution in [0.25, 0.3) is 0 Å². The molecule has 0 atom stereocenters. The molecule has 0 fully saturated rings. The van der Waals surface area contributed by atoms with Crippen molar-refractivity contribution >= 4 is 6.03 Å². The van der Waals surface area contributed by atoms with Crippen LogP contribution in [0.2, 0.25) is 0 Å². The number of amides is 2. The van der Waals surface area contributed by atoms with Gasteiger partial charge in [-0.2, -0.15) is 0 Å². The highest BCUT2D eigenvalue weighted by Crippen LogP contribution is 2.12. The minimum Gasteiger partial charge on any atom is -0.467 e. The molecule has 0 aliphatic heterocycles. The summed E-state index contributed by atoms with van der Waals surface area (Å²) in [5.74, 6) is 1.45. The summed E-state index contributed by atoms with van der Waals surface area (Å²) in [5.41, 5.74) is 2.30. The first kappa shape index (κ1) is 18.8. The van der Waals surface area contributed by atoms with Crippen LogP contribution in [-0.2, 0) is 26.2 Å². The van der Waals surface area contributed by atoms with E-state index in [1.807, 2.05) is 50.5 Å². The van der Waals surface area contributed by atoms with Gasteiger partial charge in [0.2, 0.25) is 0 Å². The third-order valence-corrected chi connectivity index (χ3v) is 4.11. The zero-order chi connectivity index (χ0) is 19.1. The average molecular weight is 367 g/mol. The van der Waals surface area contributed by atoms with Gasteiger partial charge in [-0.05, 0) is 49.5 Å². The Bertz CT molecular complexity index is 773. The fourth-order valence-electron chi connectivity index (χ4n) is 2.80. The van der Waals surface area contributed by atoms with Gasteiger partial charge in [0.25, 0.3) is 0 Å². The van der Waals surface area contributed by atoms with Crippen LogP contribution in [0.4, 0.5) is 4.79 Å². The van der Waals surface area contributed by atoms with Gasteiger partial charge in [0.05, 0.1) is 25.6 Å². The molecule has 27 heavy (non-hydrogen) atoms. The van der Waals surface area contributed by atoms with E-state index in [9.17, 15) is 4.79 Å². The normalized spacial score (nSPS) is 10.9. The second kappa shape index (κ2) is 9.09.